The molecule has 1 unspecified atom stereocenters. The lowest BCUT2D eigenvalue weighted by molar-refractivity contribution is -0.137. The normalized spacial score (nSPS) is 18.0. The van der Waals surface area contributed by atoms with E-state index in [1.807, 2.05) is 6.92 Å². The Morgan fingerprint density at radius 2 is 2.22 bits per heavy atom. The zero-order chi connectivity index (χ0) is 16.9. The molecule has 0 aromatic heterocycles. The van der Waals surface area contributed by atoms with Crippen LogP contribution in [0.4, 0.5) is 13.2 Å². The molecule has 1 N–H and O–H groups in total. The van der Waals surface area contributed by atoms with Crippen LogP contribution in [0.3, 0.4) is 0 Å². The zero-order valence-electron chi connectivity index (χ0n) is 13.0. The average Bonchev–Trinajstić information content (AvgIpc) is 3.04. The van der Waals surface area contributed by atoms with Crippen LogP contribution in [0.1, 0.15) is 25.3 Å². The highest BCUT2D eigenvalue weighted by Crippen LogP contribution is 2.31. The van der Waals surface area contributed by atoms with E-state index in [0.29, 0.717) is 6.54 Å². The first kappa shape index (κ1) is 17.6. The highest BCUT2D eigenvalue weighted by molar-refractivity contribution is 5.78. The molecular weight excluding hydrogens is 309 g/mol. The molecule has 1 aromatic carbocycles. The Bertz CT molecular complexity index is 528. The largest absolute Gasteiger partial charge is 0.484 e. The van der Waals surface area contributed by atoms with Gasteiger partial charge in [-0.25, -0.2) is 0 Å². The quantitative estimate of drug-likeness (QED) is 0.872. The number of alkyl halides is 3. The van der Waals surface area contributed by atoms with E-state index >= 15 is 0 Å². The van der Waals surface area contributed by atoms with Crippen LogP contribution in [0.25, 0.3) is 0 Å². The zero-order valence-corrected chi connectivity index (χ0v) is 13.0. The van der Waals surface area contributed by atoms with Crippen molar-refractivity contribution in [2.45, 2.75) is 32.0 Å². The Morgan fingerprint density at radius 1 is 1.43 bits per heavy atom. The first-order chi connectivity index (χ1) is 10.9. The minimum Gasteiger partial charge on any atom is -0.484 e. The molecule has 1 aliphatic rings. The molecule has 0 spiro atoms. The van der Waals surface area contributed by atoms with Crippen LogP contribution in [0.5, 0.6) is 5.75 Å². The Morgan fingerprint density at radius 3 is 2.83 bits per heavy atom. The van der Waals surface area contributed by atoms with E-state index in [0.717, 1.165) is 38.1 Å². The van der Waals surface area contributed by atoms with Gasteiger partial charge >= 0.3 is 6.18 Å². The number of hydrogen-bond donors (Lipinski definition) is 1. The van der Waals surface area contributed by atoms with Gasteiger partial charge in [0.25, 0.3) is 5.91 Å². The second-order valence-electron chi connectivity index (χ2n) is 5.55. The molecule has 0 saturated carbocycles. The summed E-state index contributed by atoms with van der Waals surface area (Å²) in [5, 5.41) is 3.20. The number of nitrogens with one attached hydrogen (secondary N) is 1. The molecule has 23 heavy (non-hydrogen) atoms. The fourth-order valence-electron chi connectivity index (χ4n) is 2.65. The molecule has 0 bridgehead atoms. The molecule has 1 amide bonds. The highest BCUT2D eigenvalue weighted by Gasteiger charge is 2.31. The molecule has 1 aliphatic heterocycles. The molecule has 0 radical (unpaired) electrons. The Balaban J connectivity index is 1.97. The van der Waals surface area contributed by atoms with E-state index in [1.165, 1.54) is 12.1 Å². The standard InChI is InChI=1S/C16H21F3N2O2/c1-2-8-21(13-6-7-20-10-13)15(22)11-23-14-5-3-4-12(9-14)16(17,18)19/h3-5,9,13,20H,2,6-8,10-11H2,1H3. The maximum absolute atomic E-state index is 12.7. The fraction of sp³-hybridized carbons (Fsp3) is 0.562. The van der Waals surface area contributed by atoms with Gasteiger partial charge in [0.15, 0.2) is 6.61 Å². The minimum absolute atomic E-state index is 0.0502. The van der Waals surface area contributed by atoms with Gasteiger partial charge in [0.1, 0.15) is 5.75 Å². The van der Waals surface area contributed by atoms with Crippen molar-refractivity contribution in [3.8, 4) is 5.75 Å². The van der Waals surface area contributed by atoms with Crippen LogP contribution in [0.2, 0.25) is 0 Å². The van der Waals surface area contributed by atoms with Crippen molar-refractivity contribution in [3.63, 3.8) is 0 Å². The van der Waals surface area contributed by atoms with E-state index < -0.39 is 11.7 Å². The third-order valence-electron chi connectivity index (χ3n) is 3.78. The Hall–Kier alpha value is -1.76. The number of amides is 1. The Labute approximate surface area is 133 Å². The third-order valence-corrected chi connectivity index (χ3v) is 3.78. The number of halogens is 3. The predicted molar refractivity (Wildman–Crippen MR) is 80.2 cm³/mol. The summed E-state index contributed by atoms with van der Waals surface area (Å²) >= 11 is 0. The van der Waals surface area contributed by atoms with Crippen molar-refractivity contribution in [2.24, 2.45) is 0 Å². The van der Waals surface area contributed by atoms with Crippen LogP contribution < -0.4 is 10.1 Å². The van der Waals surface area contributed by atoms with Gasteiger partial charge in [0.2, 0.25) is 0 Å². The lowest BCUT2D eigenvalue weighted by Crippen LogP contribution is -2.44. The maximum atomic E-state index is 12.7. The molecule has 1 heterocycles. The highest BCUT2D eigenvalue weighted by atomic mass is 19.4. The van der Waals surface area contributed by atoms with Crippen LogP contribution in [-0.4, -0.2) is 43.1 Å². The first-order valence-electron chi connectivity index (χ1n) is 7.72. The van der Waals surface area contributed by atoms with E-state index in [1.54, 1.807) is 4.90 Å². The van der Waals surface area contributed by atoms with Crippen LogP contribution in [0, 0.1) is 0 Å². The second kappa shape index (κ2) is 7.68. The molecule has 2 rings (SSSR count). The van der Waals surface area contributed by atoms with Crippen molar-refractivity contribution in [1.29, 1.82) is 0 Å². The number of benzene rings is 1. The van der Waals surface area contributed by atoms with Crippen molar-refractivity contribution in [3.05, 3.63) is 29.8 Å². The smallest absolute Gasteiger partial charge is 0.416 e. The van der Waals surface area contributed by atoms with Crippen molar-refractivity contribution in [1.82, 2.24) is 10.2 Å². The molecule has 1 saturated heterocycles. The molecule has 0 aliphatic carbocycles. The molecule has 128 valence electrons. The molecule has 1 atom stereocenters. The van der Waals surface area contributed by atoms with Crippen LogP contribution in [-0.2, 0) is 11.0 Å². The number of ether oxygens (including phenoxy) is 1. The van der Waals surface area contributed by atoms with Crippen molar-refractivity contribution >= 4 is 5.91 Å². The van der Waals surface area contributed by atoms with E-state index in [9.17, 15) is 18.0 Å². The molecule has 1 fully saturated rings. The van der Waals surface area contributed by atoms with Gasteiger partial charge in [-0.1, -0.05) is 13.0 Å². The van der Waals surface area contributed by atoms with Gasteiger partial charge in [-0.05, 0) is 37.6 Å². The molecule has 4 nitrogen and oxygen atoms in total. The van der Waals surface area contributed by atoms with Crippen LogP contribution in [0.15, 0.2) is 24.3 Å². The monoisotopic (exact) mass is 330 g/mol. The molecular formula is C16H21F3N2O2. The fourth-order valence-corrected chi connectivity index (χ4v) is 2.65. The molecule has 1 aromatic rings. The first-order valence-corrected chi connectivity index (χ1v) is 7.72. The maximum Gasteiger partial charge on any atom is 0.416 e. The minimum atomic E-state index is -4.42. The van der Waals surface area contributed by atoms with Gasteiger partial charge in [0.05, 0.1) is 5.56 Å². The van der Waals surface area contributed by atoms with E-state index in [-0.39, 0.29) is 24.3 Å². The summed E-state index contributed by atoms with van der Waals surface area (Å²) in [4.78, 5) is 14.1. The number of carbonyl (C=O) groups is 1. The SMILES string of the molecule is CCCN(C(=O)COc1cccc(C(F)(F)F)c1)C1CCNC1. The number of hydrogen-bond acceptors (Lipinski definition) is 3. The summed E-state index contributed by atoms with van der Waals surface area (Å²) in [5.74, 6) is -0.146. The van der Waals surface area contributed by atoms with E-state index in [4.69, 9.17) is 4.74 Å². The summed E-state index contributed by atoms with van der Waals surface area (Å²) in [6, 6.07) is 4.71. The van der Waals surface area contributed by atoms with Gasteiger partial charge in [0, 0.05) is 19.1 Å². The summed E-state index contributed by atoms with van der Waals surface area (Å²) in [6.45, 7) is 3.97. The van der Waals surface area contributed by atoms with Gasteiger partial charge in [-0.2, -0.15) is 13.2 Å². The van der Waals surface area contributed by atoms with Crippen LogP contribution >= 0.6 is 0 Å². The number of nitrogens with zero attached hydrogens (tertiary/aromatic N) is 1. The lowest BCUT2D eigenvalue weighted by atomic mass is 10.2. The summed E-state index contributed by atoms with van der Waals surface area (Å²) in [6.07, 6.45) is -2.71. The van der Waals surface area contributed by atoms with Gasteiger partial charge in [-0.3, -0.25) is 4.79 Å². The van der Waals surface area contributed by atoms with Gasteiger partial charge in [-0.15, -0.1) is 0 Å². The summed E-state index contributed by atoms with van der Waals surface area (Å²) < 4.78 is 43.3. The average molecular weight is 330 g/mol. The Kier molecular flexibility index (Phi) is 5.87. The third kappa shape index (κ3) is 4.86. The summed E-state index contributed by atoms with van der Waals surface area (Å²) in [7, 11) is 0. The lowest BCUT2D eigenvalue weighted by Gasteiger charge is -2.28. The van der Waals surface area contributed by atoms with Crippen molar-refractivity contribution < 1.29 is 22.7 Å². The number of rotatable bonds is 6. The van der Waals surface area contributed by atoms with E-state index in [2.05, 4.69) is 5.32 Å². The number of carbonyl (C=O) groups excluding carboxylic acids is 1. The second-order valence-corrected chi connectivity index (χ2v) is 5.55. The summed E-state index contributed by atoms with van der Waals surface area (Å²) in [5.41, 5.74) is -0.784. The molecule has 7 heteroatoms. The van der Waals surface area contributed by atoms with Crippen molar-refractivity contribution in [2.75, 3.05) is 26.2 Å². The van der Waals surface area contributed by atoms with Gasteiger partial charge < -0.3 is 15.0 Å². The predicted octanol–water partition coefficient (Wildman–Crippen LogP) is 2.68. The topological polar surface area (TPSA) is 41.6 Å².